The maximum atomic E-state index is 11.7. The van der Waals surface area contributed by atoms with E-state index >= 15 is 0 Å². The van der Waals surface area contributed by atoms with Crippen LogP contribution in [0.5, 0.6) is 0 Å². The number of pyridine rings is 1. The lowest BCUT2D eigenvalue weighted by molar-refractivity contribution is -0.385. The van der Waals surface area contributed by atoms with Gasteiger partial charge in [-0.3, -0.25) is 15.1 Å². The molecule has 2 rings (SSSR count). The molecule has 1 aromatic carbocycles. The van der Waals surface area contributed by atoms with Gasteiger partial charge in [0.15, 0.2) is 0 Å². The average Bonchev–Trinajstić information content (AvgIpc) is 2.64. The number of carbonyl (C=O) groups excluding carboxylic acids is 1. The highest BCUT2D eigenvalue weighted by atomic mass is 16.6. The van der Waals surface area contributed by atoms with E-state index in [4.69, 9.17) is 4.74 Å². The summed E-state index contributed by atoms with van der Waals surface area (Å²) in [5, 5.41) is 33.4. The number of aromatic nitrogens is 1. The molecule has 138 valence electrons. The summed E-state index contributed by atoms with van der Waals surface area (Å²) in [6.45, 7) is 1.33. The number of hydrogen-bond donors (Lipinski definition) is 3. The summed E-state index contributed by atoms with van der Waals surface area (Å²) in [4.78, 5) is 25.7. The molecular weight excluding hydrogens is 342 g/mol. The molecule has 0 fully saturated rings. The van der Waals surface area contributed by atoms with E-state index in [2.05, 4.69) is 10.3 Å². The third kappa shape index (κ3) is 5.23. The minimum atomic E-state index is -1.45. The molecule has 2 atom stereocenters. The smallest absolute Gasteiger partial charge is 0.407 e. The fourth-order valence-electron chi connectivity index (χ4n) is 2.22. The monoisotopic (exact) mass is 361 g/mol. The zero-order valence-corrected chi connectivity index (χ0v) is 14.0. The van der Waals surface area contributed by atoms with E-state index in [0.717, 1.165) is 17.8 Å². The second-order valence-corrected chi connectivity index (χ2v) is 5.58. The van der Waals surface area contributed by atoms with E-state index < -0.39 is 23.2 Å². The fraction of sp³-hybridized carbons (Fsp3) is 0.294. The van der Waals surface area contributed by atoms with Gasteiger partial charge in [-0.25, -0.2) is 4.79 Å². The number of ether oxygens (including phenoxy) is 1. The number of nitro groups is 1. The van der Waals surface area contributed by atoms with E-state index in [-0.39, 0.29) is 24.4 Å². The zero-order valence-electron chi connectivity index (χ0n) is 14.0. The number of benzene rings is 1. The van der Waals surface area contributed by atoms with E-state index in [9.17, 15) is 25.1 Å². The van der Waals surface area contributed by atoms with Gasteiger partial charge in [0.05, 0.1) is 4.92 Å². The number of alkyl carbamates (subject to hydrolysis) is 1. The minimum absolute atomic E-state index is 0.0687. The number of aryl methyl sites for hydroxylation is 1. The van der Waals surface area contributed by atoms with Crippen molar-refractivity contribution in [2.24, 2.45) is 0 Å². The largest absolute Gasteiger partial charge is 0.445 e. The zero-order chi connectivity index (χ0) is 19.1. The van der Waals surface area contributed by atoms with Crippen molar-refractivity contribution in [2.45, 2.75) is 25.7 Å². The van der Waals surface area contributed by atoms with Crippen LogP contribution in [-0.4, -0.2) is 38.9 Å². The third-order valence-corrected chi connectivity index (χ3v) is 3.67. The lowest BCUT2D eigenvalue weighted by atomic mass is 10.0. The highest BCUT2D eigenvalue weighted by molar-refractivity contribution is 5.67. The first kappa shape index (κ1) is 19.3. The van der Waals surface area contributed by atoms with Crippen LogP contribution >= 0.6 is 0 Å². The Morgan fingerprint density at radius 1 is 1.35 bits per heavy atom. The Hall–Kier alpha value is -3.04. The molecule has 0 aliphatic carbocycles. The van der Waals surface area contributed by atoms with Crippen molar-refractivity contribution < 1.29 is 24.7 Å². The lowest BCUT2D eigenvalue weighted by Crippen LogP contribution is -2.36. The SMILES string of the molecule is Cc1ncc([N+](=O)[O-])cc1C(O)C(O)CNC(=O)OCc1ccccc1. The standard InChI is InChI=1S/C17H19N3O6/c1-11-14(7-13(8-18-11)20(24)25)16(22)15(21)9-19-17(23)26-10-12-5-3-2-4-6-12/h2-8,15-16,21-22H,9-10H2,1H3,(H,19,23). The fourth-order valence-corrected chi connectivity index (χ4v) is 2.22. The number of rotatable bonds is 7. The van der Waals surface area contributed by atoms with E-state index in [1.807, 2.05) is 18.2 Å². The Kier molecular flexibility index (Phi) is 6.59. The molecule has 0 saturated heterocycles. The second kappa shape index (κ2) is 8.88. The van der Waals surface area contributed by atoms with Gasteiger partial charge >= 0.3 is 6.09 Å². The summed E-state index contributed by atoms with van der Waals surface area (Å²) >= 11 is 0. The topological polar surface area (TPSA) is 135 Å². The van der Waals surface area contributed by atoms with Crippen LogP contribution in [0.3, 0.4) is 0 Å². The first-order valence-corrected chi connectivity index (χ1v) is 7.80. The Bertz CT molecular complexity index is 768. The van der Waals surface area contributed by atoms with Crippen LogP contribution in [-0.2, 0) is 11.3 Å². The first-order valence-electron chi connectivity index (χ1n) is 7.80. The van der Waals surface area contributed by atoms with Crippen molar-refractivity contribution in [3.63, 3.8) is 0 Å². The molecule has 9 nitrogen and oxygen atoms in total. The van der Waals surface area contributed by atoms with Crippen LogP contribution in [0.4, 0.5) is 10.5 Å². The number of nitrogens with one attached hydrogen (secondary N) is 1. The summed E-state index contributed by atoms with van der Waals surface area (Å²) in [6.07, 6.45) is -2.52. The van der Waals surface area contributed by atoms with Crippen LogP contribution in [0.1, 0.15) is 22.9 Å². The van der Waals surface area contributed by atoms with E-state index in [1.54, 1.807) is 19.1 Å². The summed E-state index contributed by atoms with van der Waals surface area (Å²) in [5.41, 5.74) is 0.966. The molecule has 9 heteroatoms. The molecule has 26 heavy (non-hydrogen) atoms. The molecule has 0 saturated carbocycles. The van der Waals surface area contributed by atoms with Gasteiger partial charge in [-0.05, 0) is 12.5 Å². The van der Waals surface area contributed by atoms with Gasteiger partial charge in [0.25, 0.3) is 5.69 Å². The van der Waals surface area contributed by atoms with Crippen LogP contribution in [0.2, 0.25) is 0 Å². The van der Waals surface area contributed by atoms with Crippen molar-refractivity contribution in [3.8, 4) is 0 Å². The number of aliphatic hydroxyl groups excluding tert-OH is 2. The molecule has 3 N–H and O–H groups in total. The Labute approximate surface area is 149 Å². The van der Waals surface area contributed by atoms with Gasteiger partial charge in [-0.15, -0.1) is 0 Å². The van der Waals surface area contributed by atoms with Crippen molar-refractivity contribution in [1.29, 1.82) is 0 Å². The number of aliphatic hydroxyl groups is 2. The molecular formula is C17H19N3O6. The molecule has 0 spiro atoms. The molecule has 0 aliphatic rings. The van der Waals surface area contributed by atoms with Gasteiger partial charge < -0.3 is 20.3 Å². The average molecular weight is 361 g/mol. The molecule has 0 bridgehead atoms. The summed E-state index contributed by atoms with van der Waals surface area (Å²) in [6, 6.07) is 10.2. The summed E-state index contributed by atoms with van der Waals surface area (Å²) < 4.78 is 4.99. The van der Waals surface area contributed by atoms with Gasteiger partial charge in [-0.1, -0.05) is 30.3 Å². The van der Waals surface area contributed by atoms with Crippen LogP contribution < -0.4 is 5.32 Å². The lowest BCUT2D eigenvalue weighted by Gasteiger charge is -2.19. The summed E-state index contributed by atoms with van der Waals surface area (Å²) in [7, 11) is 0. The summed E-state index contributed by atoms with van der Waals surface area (Å²) in [5.74, 6) is 0. The van der Waals surface area contributed by atoms with Gasteiger partial charge in [0, 0.05) is 23.9 Å². The van der Waals surface area contributed by atoms with Gasteiger partial charge in [-0.2, -0.15) is 0 Å². The Morgan fingerprint density at radius 2 is 2.04 bits per heavy atom. The van der Waals surface area contributed by atoms with Crippen molar-refractivity contribution >= 4 is 11.8 Å². The molecule has 1 heterocycles. The highest BCUT2D eigenvalue weighted by Crippen LogP contribution is 2.23. The number of amides is 1. The molecule has 0 radical (unpaired) electrons. The number of carbonyl (C=O) groups is 1. The third-order valence-electron chi connectivity index (χ3n) is 3.67. The van der Waals surface area contributed by atoms with Crippen LogP contribution in [0.15, 0.2) is 42.6 Å². The molecule has 1 amide bonds. The Morgan fingerprint density at radius 3 is 2.69 bits per heavy atom. The quantitative estimate of drug-likeness (QED) is 0.504. The maximum absolute atomic E-state index is 11.7. The highest BCUT2D eigenvalue weighted by Gasteiger charge is 2.23. The predicted octanol–water partition coefficient (Wildman–Crippen LogP) is 1.62. The minimum Gasteiger partial charge on any atom is -0.445 e. The predicted molar refractivity (Wildman–Crippen MR) is 91.2 cm³/mol. The van der Waals surface area contributed by atoms with Crippen molar-refractivity contribution in [3.05, 3.63) is 69.5 Å². The molecule has 2 aromatic rings. The van der Waals surface area contributed by atoms with Crippen LogP contribution in [0.25, 0.3) is 0 Å². The van der Waals surface area contributed by atoms with Gasteiger partial charge in [0.1, 0.15) is 25.0 Å². The number of hydrogen-bond acceptors (Lipinski definition) is 7. The van der Waals surface area contributed by atoms with Gasteiger partial charge in [0.2, 0.25) is 0 Å². The molecule has 2 unspecified atom stereocenters. The van der Waals surface area contributed by atoms with E-state index in [0.29, 0.717) is 5.69 Å². The Balaban J connectivity index is 1.88. The normalized spacial score (nSPS) is 12.9. The van der Waals surface area contributed by atoms with Crippen molar-refractivity contribution in [2.75, 3.05) is 6.54 Å². The van der Waals surface area contributed by atoms with E-state index in [1.165, 1.54) is 0 Å². The van der Waals surface area contributed by atoms with Crippen LogP contribution in [0, 0.1) is 17.0 Å². The first-order chi connectivity index (χ1) is 12.4. The molecule has 1 aromatic heterocycles. The molecule has 0 aliphatic heterocycles. The second-order valence-electron chi connectivity index (χ2n) is 5.58. The maximum Gasteiger partial charge on any atom is 0.407 e. The van der Waals surface area contributed by atoms with Crippen molar-refractivity contribution in [1.82, 2.24) is 10.3 Å². The number of nitrogens with zero attached hydrogens (tertiary/aromatic N) is 2.